The molecular formula is C21H19FN2O2S. The van der Waals surface area contributed by atoms with Crippen LogP contribution in [0.25, 0.3) is 0 Å². The Morgan fingerprint density at radius 3 is 2.56 bits per heavy atom. The van der Waals surface area contributed by atoms with Crippen molar-refractivity contribution in [2.75, 3.05) is 6.54 Å². The number of hydrogen-bond donors (Lipinski definition) is 0. The van der Waals surface area contributed by atoms with Crippen molar-refractivity contribution in [2.45, 2.75) is 24.3 Å². The largest absolute Gasteiger partial charge is 0.265 e. The van der Waals surface area contributed by atoms with Crippen LogP contribution in [0.3, 0.4) is 0 Å². The third kappa shape index (κ3) is 3.15. The summed E-state index contributed by atoms with van der Waals surface area (Å²) in [5.41, 5.74) is 3.28. The molecule has 1 atom stereocenters. The summed E-state index contributed by atoms with van der Waals surface area (Å²) in [5, 5.41) is 0. The van der Waals surface area contributed by atoms with Crippen molar-refractivity contribution in [3.05, 3.63) is 95.1 Å². The van der Waals surface area contributed by atoms with E-state index in [0.717, 1.165) is 16.7 Å². The first-order valence-corrected chi connectivity index (χ1v) is 10.2. The molecule has 0 radical (unpaired) electrons. The average molecular weight is 382 g/mol. The first-order chi connectivity index (χ1) is 13.0. The van der Waals surface area contributed by atoms with E-state index in [-0.39, 0.29) is 4.90 Å². The van der Waals surface area contributed by atoms with Gasteiger partial charge in [-0.25, -0.2) is 12.8 Å². The summed E-state index contributed by atoms with van der Waals surface area (Å²) in [4.78, 5) is 4.16. The van der Waals surface area contributed by atoms with Crippen molar-refractivity contribution in [2.24, 2.45) is 0 Å². The highest BCUT2D eigenvalue weighted by atomic mass is 32.2. The van der Waals surface area contributed by atoms with E-state index in [9.17, 15) is 12.8 Å². The number of pyridine rings is 1. The van der Waals surface area contributed by atoms with Crippen molar-refractivity contribution < 1.29 is 12.8 Å². The predicted octanol–water partition coefficient (Wildman–Crippen LogP) is 3.87. The zero-order valence-electron chi connectivity index (χ0n) is 14.8. The molecule has 2 aromatic carbocycles. The van der Waals surface area contributed by atoms with Gasteiger partial charge in [-0.1, -0.05) is 24.3 Å². The summed E-state index contributed by atoms with van der Waals surface area (Å²) >= 11 is 0. The Labute approximate surface area is 158 Å². The van der Waals surface area contributed by atoms with Crippen LogP contribution in [0.1, 0.15) is 28.3 Å². The standard InChI is InChI=1S/C21H19FN2O2S/c1-15-14-18(6-7-20(15)22)27(25,26)24-13-10-16-4-2-3-5-19(16)21(24)17-8-11-23-12-9-17/h2-9,11-12,14,21H,10,13H2,1H3. The molecule has 1 aliphatic rings. The van der Waals surface area contributed by atoms with Crippen LogP contribution in [0.2, 0.25) is 0 Å². The molecule has 0 spiro atoms. The normalized spacial score (nSPS) is 17.5. The minimum atomic E-state index is -3.80. The molecule has 27 heavy (non-hydrogen) atoms. The van der Waals surface area contributed by atoms with Gasteiger partial charge in [0.15, 0.2) is 0 Å². The van der Waals surface area contributed by atoms with E-state index >= 15 is 0 Å². The molecule has 4 nitrogen and oxygen atoms in total. The second-order valence-corrected chi connectivity index (χ2v) is 8.55. The van der Waals surface area contributed by atoms with Crippen LogP contribution >= 0.6 is 0 Å². The van der Waals surface area contributed by atoms with Crippen LogP contribution in [0.4, 0.5) is 4.39 Å². The molecule has 0 bridgehead atoms. The minimum absolute atomic E-state index is 0.111. The van der Waals surface area contributed by atoms with Gasteiger partial charge < -0.3 is 0 Å². The SMILES string of the molecule is Cc1cc(S(=O)(=O)N2CCc3ccccc3C2c2ccncc2)ccc1F. The van der Waals surface area contributed by atoms with Crippen molar-refractivity contribution in [1.29, 1.82) is 0 Å². The fraction of sp³-hybridized carbons (Fsp3) is 0.190. The molecule has 0 fully saturated rings. The Morgan fingerprint density at radius 1 is 1.07 bits per heavy atom. The number of aryl methyl sites for hydroxylation is 1. The fourth-order valence-corrected chi connectivity index (χ4v) is 5.29. The predicted molar refractivity (Wildman–Crippen MR) is 101 cm³/mol. The highest BCUT2D eigenvalue weighted by Crippen LogP contribution is 2.38. The van der Waals surface area contributed by atoms with Crippen molar-refractivity contribution >= 4 is 10.0 Å². The maximum absolute atomic E-state index is 13.7. The summed E-state index contributed by atoms with van der Waals surface area (Å²) in [6.07, 6.45) is 3.97. The quantitative estimate of drug-likeness (QED) is 0.691. The molecule has 2 heterocycles. The molecule has 0 N–H and O–H groups in total. The Kier molecular flexibility index (Phi) is 4.53. The van der Waals surface area contributed by atoms with Gasteiger partial charge in [-0.15, -0.1) is 0 Å². The second-order valence-electron chi connectivity index (χ2n) is 6.66. The highest BCUT2D eigenvalue weighted by molar-refractivity contribution is 7.89. The molecule has 1 unspecified atom stereocenters. The smallest absolute Gasteiger partial charge is 0.243 e. The van der Waals surface area contributed by atoms with E-state index in [0.29, 0.717) is 18.5 Å². The first-order valence-electron chi connectivity index (χ1n) is 8.74. The fourth-order valence-electron chi connectivity index (χ4n) is 3.61. The summed E-state index contributed by atoms with van der Waals surface area (Å²) < 4.78 is 42.0. The number of benzene rings is 2. The van der Waals surface area contributed by atoms with Gasteiger partial charge in [0.05, 0.1) is 10.9 Å². The molecule has 0 saturated heterocycles. The number of fused-ring (bicyclic) bond motifs is 1. The van der Waals surface area contributed by atoms with E-state index < -0.39 is 21.9 Å². The van der Waals surface area contributed by atoms with Gasteiger partial charge in [-0.05, 0) is 65.9 Å². The van der Waals surface area contributed by atoms with Gasteiger partial charge >= 0.3 is 0 Å². The topological polar surface area (TPSA) is 50.3 Å². The molecule has 1 aromatic heterocycles. The Morgan fingerprint density at radius 2 is 1.81 bits per heavy atom. The molecule has 4 rings (SSSR count). The van der Waals surface area contributed by atoms with Crippen molar-refractivity contribution in [1.82, 2.24) is 9.29 Å². The summed E-state index contributed by atoms with van der Waals surface area (Å²) in [5.74, 6) is -0.413. The summed E-state index contributed by atoms with van der Waals surface area (Å²) in [6, 6.07) is 15.1. The molecule has 1 aliphatic heterocycles. The number of aromatic nitrogens is 1. The number of nitrogens with zero attached hydrogens (tertiary/aromatic N) is 2. The van der Waals surface area contributed by atoms with E-state index in [1.54, 1.807) is 19.3 Å². The third-order valence-corrected chi connectivity index (χ3v) is 6.86. The summed E-state index contributed by atoms with van der Waals surface area (Å²) in [6.45, 7) is 1.93. The van der Waals surface area contributed by atoms with Crippen molar-refractivity contribution in [3.63, 3.8) is 0 Å². The first kappa shape index (κ1) is 17.8. The third-order valence-electron chi connectivity index (χ3n) is 5.00. The molecule has 0 amide bonds. The number of rotatable bonds is 3. The Hall–Kier alpha value is -2.57. The Balaban J connectivity index is 1.87. The highest BCUT2D eigenvalue weighted by Gasteiger charge is 2.37. The minimum Gasteiger partial charge on any atom is -0.265 e. The maximum Gasteiger partial charge on any atom is 0.243 e. The molecule has 0 saturated carbocycles. The van der Waals surface area contributed by atoms with E-state index in [1.165, 1.54) is 22.5 Å². The van der Waals surface area contributed by atoms with Crippen LogP contribution in [0.5, 0.6) is 0 Å². The van der Waals surface area contributed by atoms with Gasteiger partial charge in [0.2, 0.25) is 10.0 Å². The van der Waals surface area contributed by atoms with Gasteiger partial charge in [-0.2, -0.15) is 4.31 Å². The average Bonchev–Trinajstić information content (AvgIpc) is 2.69. The number of halogens is 1. The van der Waals surface area contributed by atoms with Gasteiger partial charge in [0, 0.05) is 18.9 Å². The van der Waals surface area contributed by atoms with Crippen LogP contribution in [-0.2, 0) is 16.4 Å². The van der Waals surface area contributed by atoms with Gasteiger partial charge in [0.25, 0.3) is 0 Å². The lowest BCUT2D eigenvalue weighted by Gasteiger charge is -2.36. The molecule has 3 aromatic rings. The second kappa shape index (κ2) is 6.87. The number of hydrogen-bond acceptors (Lipinski definition) is 3. The molecular weight excluding hydrogens is 363 g/mol. The van der Waals surface area contributed by atoms with E-state index in [2.05, 4.69) is 4.98 Å². The molecule has 6 heteroatoms. The lowest BCUT2D eigenvalue weighted by molar-refractivity contribution is 0.344. The lowest BCUT2D eigenvalue weighted by Crippen LogP contribution is -2.40. The maximum atomic E-state index is 13.7. The van der Waals surface area contributed by atoms with Gasteiger partial charge in [0.1, 0.15) is 5.82 Å². The zero-order valence-corrected chi connectivity index (χ0v) is 15.7. The monoisotopic (exact) mass is 382 g/mol. The van der Waals surface area contributed by atoms with Crippen LogP contribution in [-0.4, -0.2) is 24.3 Å². The molecule has 138 valence electrons. The van der Waals surface area contributed by atoms with Crippen molar-refractivity contribution in [3.8, 4) is 0 Å². The summed E-state index contributed by atoms with van der Waals surface area (Å²) in [7, 11) is -3.80. The zero-order chi connectivity index (χ0) is 19.0. The van der Waals surface area contributed by atoms with E-state index in [4.69, 9.17) is 0 Å². The van der Waals surface area contributed by atoms with Crippen LogP contribution in [0.15, 0.2) is 71.9 Å². The van der Waals surface area contributed by atoms with Crippen LogP contribution < -0.4 is 0 Å². The lowest BCUT2D eigenvalue weighted by atomic mass is 9.90. The van der Waals surface area contributed by atoms with Gasteiger partial charge in [-0.3, -0.25) is 4.98 Å². The Bertz CT molecular complexity index is 1080. The van der Waals surface area contributed by atoms with Crippen LogP contribution in [0, 0.1) is 12.7 Å². The van der Waals surface area contributed by atoms with E-state index in [1.807, 2.05) is 36.4 Å². The number of sulfonamides is 1. The molecule has 0 aliphatic carbocycles.